The van der Waals surface area contributed by atoms with Gasteiger partial charge >= 0.3 is 0 Å². The minimum atomic E-state index is 0.0748. The van der Waals surface area contributed by atoms with Crippen LogP contribution in [-0.4, -0.2) is 29.4 Å². The molecule has 1 aromatic heterocycles. The Bertz CT molecular complexity index is 827. The van der Waals surface area contributed by atoms with Crippen molar-refractivity contribution < 1.29 is 4.79 Å². The fourth-order valence-corrected chi connectivity index (χ4v) is 4.03. The van der Waals surface area contributed by atoms with Crippen molar-refractivity contribution in [3.05, 3.63) is 65.2 Å². The summed E-state index contributed by atoms with van der Waals surface area (Å²) in [6.07, 6.45) is 0. The van der Waals surface area contributed by atoms with Crippen molar-refractivity contribution in [2.75, 3.05) is 13.6 Å². The lowest BCUT2D eigenvalue weighted by Gasteiger charge is -2.24. The van der Waals surface area contributed by atoms with Gasteiger partial charge in [-0.25, -0.2) is 4.98 Å². The van der Waals surface area contributed by atoms with Crippen LogP contribution in [-0.2, 0) is 11.3 Å². The Balaban J connectivity index is 1.59. The first-order valence-corrected chi connectivity index (χ1v) is 9.73. The number of hydrogen-bond donors (Lipinski definition) is 1. The maximum atomic E-state index is 12.6. The molecule has 1 heterocycles. The van der Waals surface area contributed by atoms with Crippen molar-refractivity contribution in [3.63, 3.8) is 0 Å². The zero-order valence-corrected chi connectivity index (χ0v) is 16.3. The SMILES string of the molecule is CC(C)[C@@H](NCC(=O)N(C)Cc1nc2ccccc2s1)c1ccccc1. The van der Waals surface area contributed by atoms with Gasteiger partial charge in [0.15, 0.2) is 0 Å². The molecule has 0 saturated carbocycles. The zero-order valence-electron chi connectivity index (χ0n) is 15.5. The van der Waals surface area contributed by atoms with E-state index in [1.165, 1.54) is 5.56 Å². The van der Waals surface area contributed by atoms with Crippen LogP contribution in [0.3, 0.4) is 0 Å². The van der Waals surface area contributed by atoms with Gasteiger partial charge in [-0.2, -0.15) is 0 Å². The summed E-state index contributed by atoms with van der Waals surface area (Å²) in [5.74, 6) is 0.477. The first-order chi connectivity index (χ1) is 12.5. The number of carbonyl (C=O) groups is 1. The third-order valence-corrected chi connectivity index (χ3v) is 5.46. The normalized spacial score (nSPS) is 12.5. The Hall–Kier alpha value is -2.24. The van der Waals surface area contributed by atoms with Gasteiger partial charge in [0, 0.05) is 13.1 Å². The molecule has 1 N–H and O–H groups in total. The molecule has 0 saturated heterocycles. The summed E-state index contributed by atoms with van der Waals surface area (Å²) in [6.45, 7) is 5.19. The topological polar surface area (TPSA) is 45.2 Å². The van der Waals surface area contributed by atoms with E-state index in [0.717, 1.165) is 15.2 Å². The van der Waals surface area contributed by atoms with Crippen molar-refractivity contribution in [1.29, 1.82) is 0 Å². The number of aromatic nitrogens is 1. The number of fused-ring (bicyclic) bond motifs is 1. The number of thiazole rings is 1. The number of hydrogen-bond acceptors (Lipinski definition) is 4. The van der Waals surface area contributed by atoms with Crippen molar-refractivity contribution in [1.82, 2.24) is 15.2 Å². The van der Waals surface area contributed by atoms with Gasteiger partial charge in [-0.1, -0.05) is 56.3 Å². The lowest BCUT2D eigenvalue weighted by molar-refractivity contribution is -0.129. The van der Waals surface area contributed by atoms with E-state index in [9.17, 15) is 4.79 Å². The number of nitrogens with one attached hydrogen (secondary N) is 1. The molecule has 0 bridgehead atoms. The van der Waals surface area contributed by atoms with Gasteiger partial charge in [0.2, 0.25) is 5.91 Å². The van der Waals surface area contributed by atoms with Crippen LogP contribution in [0, 0.1) is 5.92 Å². The summed E-state index contributed by atoms with van der Waals surface area (Å²) in [5, 5.41) is 4.38. The Morgan fingerprint density at radius 1 is 1.12 bits per heavy atom. The number of amides is 1. The highest BCUT2D eigenvalue weighted by Crippen LogP contribution is 2.23. The molecule has 3 rings (SSSR count). The summed E-state index contributed by atoms with van der Waals surface area (Å²) < 4.78 is 1.16. The Morgan fingerprint density at radius 3 is 2.50 bits per heavy atom. The highest BCUT2D eigenvalue weighted by molar-refractivity contribution is 7.18. The molecule has 136 valence electrons. The fourth-order valence-electron chi connectivity index (χ4n) is 3.01. The molecule has 3 aromatic rings. The second-order valence-corrected chi connectivity index (χ2v) is 7.95. The fraction of sp³-hybridized carbons (Fsp3) is 0.333. The second kappa shape index (κ2) is 8.43. The summed E-state index contributed by atoms with van der Waals surface area (Å²) >= 11 is 1.64. The third-order valence-electron chi connectivity index (χ3n) is 4.43. The zero-order chi connectivity index (χ0) is 18.5. The van der Waals surface area contributed by atoms with Crippen LogP contribution in [0.2, 0.25) is 0 Å². The van der Waals surface area contributed by atoms with Gasteiger partial charge in [0.25, 0.3) is 0 Å². The molecule has 0 aliphatic carbocycles. The molecule has 1 amide bonds. The van der Waals surface area contributed by atoms with E-state index in [1.54, 1.807) is 16.2 Å². The minimum absolute atomic E-state index is 0.0748. The first kappa shape index (κ1) is 18.5. The van der Waals surface area contributed by atoms with E-state index < -0.39 is 0 Å². The smallest absolute Gasteiger partial charge is 0.236 e. The summed E-state index contributed by atoms with van der Waals surface area (Å²) in [4.78, 5) is 18.9. The quantitative estimate of drug-likeness (QED) is 0.679. The molecule has 26 heavy (non-hydrogen) atoms. The number of rotatable bonds is 7. The molecule has 0 unspecified atom stereocenters. The van der Waals surface area contributed by atoms with E-state index in [1.807, 2.05) is 43.4 Å². The largest absolute Gasteiger partial charge is 0.338 e. The number of para-hydroxylation sites is 1. The molecule has 0 radical (unpaired) electrons. The van der Waals surface area contributed by atoms with Gasteiger partial charge in [-0.15, -0.1) is 11.3 Å². The van der Waals surface area contributed by atoms with Crippen LogP contribution in [0.4, 0.5) is 0 Å². The molecule has 0 aliphatic heterocycles. The van der Waals surface area contributed by atoms with Gasteiger partial charge in [0.1, 0.15) is 5.01 Å². The van der Waals surface area contributed by atoms with Gasteiger partial charge in [-0.3, -0.25) is 4.79 Å². The van der Waals surface area contributed by atoms with Crippen LogP contribution in [0.1, 0.15) is 30.5 Å². The summed E-state index contributed by atoms with van der Waals surface area (Å²) in [7, 11) is 1.84. The molecule has 1 atom stereocenters. The van der Waals surface area contributed by atoms with E-state index in [4.69, 9.17) is 0 Å². The van der Waals surface area contributed by atoms with Crippen LogP contribution in [0.15, 0.2) is 54.6 Å². The van der Waals surface area contributed by atoms with E-state index in [2.05, 4.69) is 42.3 Å². The lowest BCUT2D eigenvalue weighted by Crippen LogP contribution is -2.38. The Morgan fingerprint density at radius 2 is 1.81 bits per heavy atom. The van der Waals surface area contributed by atoms with Gasteiger partial charge in [-0.05, 0) is 23.6 Å². The van der Waals surface area contributed by atoms with Gasteiger partial charge < -0.3 is 10.2 Å². The van der Waals surface area contributed by atoms with Crippen molar-refractivity contribution in [2.24, 2.45) is 5.92 Å². The maximum absolute atomic E-state index is 12.6. The van der Waals surface area contributed by atoms with Gasteiger partial charge in [0.05, 0.1) is 23.3 Å². The summed E-state index contributed by atoms with van der Waals surface area (Å²) in [5.41, 5.74) is 2.21. The summed E-state index contributed by atoms with van der Waals surface area (Å²) in [6, 6.07) is 18.5. The molecule has 4 nitrogen and oxygen atoms in total. The predicted molar refractivity (Wildman–Crippen MR) is 108 cm³/mol. The van der Waals surface area contributed by atoms with E-state index in [-0.39, 0.29) is 11.9 Å². The average Bonchev–Trinajstić information content (AvgIpc) is 3.04. The van der Waals surface area contributed by atoms with Crippen molar-refractivity contribution in [3.8, 4) is 0 Å². The van der Waals surface area contributed by atoms with E-state index in [0.29, 0.717) is 19.0 Å². The minimum Gasteiger partial charge on any atom is -0.338 e. The number of likely N-dealkylation sites (N-methyl/N-ethyl adjacent to an activating group) is 1. The Labute approximate surface area is 158 Å². The van der Waals surface area contributed by atoms with Crippen LogP contribution in [0.5, 0.6) is 0 Å². The second-order valence-electron chi connectivity index (χ2n) is 6.84. The molecule has 0 fully saturated rings. The predicted octanol–water partition coefficient (Wildman–Crippen LogP) is 4.24. The highest BCUT2D eigenvalue weighted by Gasteiger charge is 2.18. The van der Waals surface area contributed by atoms with Crippen LogP contribution in [0.25, 0.3) is 10.2 Å². The van der Waals surface area contributed by atoms with E-state index >= 15 is 0 Å². The standard InChI is InChI=1S/C21H25N3OS/c1-15(2)21(16-9-5-4-6-10-16)22-13-20(25)24(3)14-19-23-17-11-7-8-12-18(17)26-19/h4-12,15,21-22H,13-14H2,1-3H3/t21-/m1/s1. The molecule has 0 spiro atoms. The lowest BCUT2D eigenvalue weighted by atomic mass is 9.96. The molecule has 0 aliphatic rings. The van der Waals surface area contributed by atoms with Crippen molar-refractivity contribution >= 4 is 27.5 Å². The highest BCUT2D eigenvalue weighted by atomic mass is 32.1. The number of nitrogens with zero attached hydrogens (tertiary/aromatic N) is 2. The number of benzene rings is 2. The van der Waals surface area contributed by atoms with Crippen LogP contribution >= 0.6 is 11.3 Å². The molecular weight excluding hydrogens is 342 g/mol. The average molecular weight is 368 g/mol. The number of carbonyl (C=O) groups excluding carboxylic acids is 1. The van der Waals surface area contributed by atoms with Crippen LogP contribution < -0.4 is 5.32 Å². The first-order valence-electron chi connectivity index (χ1n) is 8.91. The Kier molecular flexibility index (Phi) is 6.01. The molecule has 2 aromatic carbocycles. The maximum Gasteiger partial charge on any atom is 0.236 e. The monoisotopic (exact) mass is 367 g/mol. The third kappa shape index (κ3) is 4.48. The molecular formula is C21H25N3OS. The molecule has 5 heteroatoms. The van der Waals surface area contributed by atoms with Crippen molar-refractivity contribution in [2.45, 2.75) is 26.4 Å².